The predicted octanol–water partition coefficient (Wildman–Crippen LogP) is 3.27. The van der Waals surface area contributed by atoms with E-state index in [-0.39, 0.29) is 12.1 Å². The Morgan fingerprint density at radius 3 is 2.80 bits per heavy atom. The van der Waals surface area contributed by atoms with E-state index in [0.717, 1.165) is 43.9 Å². The number of hydrogen-bond donors (Lipinski definition) is 1. The number of hydrogen-bond acceptors (Lipinski definition) is 7. The number of ether oxygens (including phenoxy) is 4. The summed E-state index contributed by atoms with van der Waals surface area (Å²) in [6.45, 7) is 3.13. The van der Waals surface area contributed by atoms with Crippen LogP contribution in [-0.2, 0) is 15.9 Å². The van der Waals surface area contributed by atoms with Crippen LogP contribution in [0.25, 0.3) is 0 Å². The van der Waals surface area contributed by atoms with Crippen molar-refractivity contribution in [2.45, 2.75) is 37.5 Å². The Kier molecular flexibility index (Phi) is 7.28. The SMILES string of the molecule is COc1cc2c(cc1OC)[C@H](c1cccs1)N(C[C@H](O)COC[C@@H]1CCCO1)CC2. The van der Waals surface area contributed by atoms with E-state index >= 15 is 0 Å². The summed E-state index contributed by atoms with van der Waals surface area (Å²) >= 11 is 1.74. The van der Waals surface area contributed by atoms with Crippen LogP contribution in [0.3, 0.4) is 0 Å². The monoisotopic (exact) mass is 433 g/mol. The van der Waals surface area contributed by atoms with Gasteiger partial charge in [-0.2, -0.15) is 0 Å². The van der Waals surface area contributed by atoms with Gasteiger partial charge in [-0.05, 0) is 54.0 Å². The van der Waals surface area contributed by atoms with Crippen LogP contribution in [0.1, 0.15) is 34.9 Å². The molecular formula is C23H31NO5S. The topological polar surface area (TPSA) is 60.4 Å². The van der Waals surface area contributed by atoms with Crippen LogP contribution in [0, 0.1) is 0 Å². The zero-order chi connectivity index (χ0) is 20.9. The third-order valence-corrected chi connectivity index (χ3v) is 6.79. The lowest BCUT2D eigenvalue weighted by Gasteiger charge is -2.38. The minimum Gasteiger partial charge on any atom is -0.493 e. The van der Waals surface area contributed by atoms with Crippen LogP contribution in [-0.4, -0.2) is 69.3 Å². The molecule has 0 amide bonds. The van der Waals surface area contributed by atoms with E-state index in [1.54, 1.807) is 25.6 Å². The molecule has 6 nitrogen and oxygen atoms in total. The molecule has 4 rings (SSSR count). The smallest absolute Gasteiger partial charge is 0.161 e. The summed E-state index contributed by atoms with van der Waals surface area (Å²) in [5.41, 5.74) is 2.49. The fraction of sp³-hybridized carbons (Fsp3) is 0.565. The van der Waals surface area contributed by atoms with E-state index in [1.807, 2.05) is 0 Å². The van der Waals surface area contributed by atoms with Gasteiger partial charge in [0.2, 0.25) is 0 Å². The minimum atomic E-state index is -0.546. The summed E-state index contributed by atoms with van der Waals surface area (Å²) < 4.78 is 22.4. The number of aliphatic hydroxyl groups is 1. The Morgan fingerprint density at radius 1 is 1.27 bits per heavy atom. The largest absolute Gasteiger partial charge is 0.493 e. The number of thiophene rings is 1. The minimum absolute atomic E-state index is 0.0846. The van der Waals surface area contributed by atoms with Crippen LogP contribution in [0.5, 0.6) is 11.5 Å². The predicted molar refractivity (Wildman–Crippen MR) is 117 cm³/mol. The summed E-state index contributed by atoms with van der Waals surface area (Å²) in [5, 5.41) is 12.8. The maximum atomic E-state index is 10.7. The van der Waals surface area contributed by atoms with Crippen molar-refractivity contribution >= 4 is 11.3 Å². The summed E-state index contributed by atoms with van der Waals surface area (Å²) in [4.78, 5) is 3.61. The van der Waals surface area contributed by atoms with Crippen molar-refractivity contribution in [2.75, 3.05) is 47.1 Å². The van der Waals surface area contributed by atoms with Gasteiger partial charge in [-0.3, -0.25) is 4.90 Å². The number of fused-ring (bicyclic) bond motifs is 1. The number of nitrogens with zero attached hydrogens (tertiary/aromatic N) is 1. The van der Waals surface area contributed by atoms with Crippen molar-refractivity contribution in [3.8, 4) is 11.5 Å². The van der Waals surface area contributed by atoms with Gasteiger partial charge in [0, 0.05) is 24.6 Å². The summed E-state index contributed by atoms with van der Waals surface area (Å²) in [6.07, 6.45) is 2.68. The fourth-order valence-electron chi connectivity index (χ4n) is 4.41. The Bertz CT molecular complexity index is 806. The normalized spacial score (nSPS) is 22.6. The average molecular weight is 434 g/mol. The van der Waals surface area contributed by atoms with Gasteiger partial charge in [0.25, 0.3) is 0 Å². The first-order valence-corrected chi connectivity index (χ1v) is 11.5. The molecule has 2 aliphatic heterocycles. The Labute approximate surface area is 182 Å². The van der Waals surface area contributed by atoms with Gasteiger partial charge in [0.15, 0.2) is 11.5 Å². The van der Waals surface area contributed by atoms with Gasteiger partial charge < -0.3 is 24.1 Å². The zero-order valence-electron chi connectivity index (χ0n) is 17.7. The van der Waals surface area contributed by atoms with Gasteiger partial charge in [-0.1, -0.05) is 6.07 Å². The lowest BCUT2D eigenvalue weighted by atomic mass is 9.90. The molecule has 3 atom stereocenters. The third kappa shape index (κ3) is 4.81. The molecule has 0 radical (unpaired) electrons. The molecule has 1 aromatic carbocycles. The van der Waals surface area contributed by atoms with Crippen molar-refractivity contribution in [1.29, 1.82) is 0 Å². The molecule has 0 spiro atoms. The number of rotatable bonds is 9. The lowest BCUT2D eigenvalue weighted by molar-refractivity contribution is -0.0278. The third-order valence-electron chi connectivity index (χ3n) is 5.87. The van der Waals surface area contributed by atoms with Crippen LogP contribution >= 0.6 is 11.3 Å². The first kappa shape index (κ1) is 21.6. The van der Waals surface area contributed by atoms with E-state index in [0.29, 0.717) is 19.8 Å². The Balaban J connectivity index is 1.49. The standard InChI is InChI=1S/C23H31NO5S/c1-26-20-11-16-7-8-24(13-17(25)14-28-15-18-5-3-9-29-18)23(22-6-4-10-30-22)19(16)12-21(20)27-2/h4,6,10-12,17-18,23,25H,3,5,7-9,13-15H2,1-2H3/t17-,18-,23+/m0/s1. The quantitative estimate of drug-likeness (QED) is 0.655. The molecule has 3 heterocycles. The second kappa shape index (κ2) is 10.1. The molecule has 0 saturated carbocycles. The number of benzene rings is 1. The molecule has 1 fully saturated rings. The molecular weight excluding hydrogens is 402 g/mol. The van der Waals surface area contributed by atoms with E-state index in [1.165, 1.54) is 16.0 Å². The van der Waals surface area contributed by atoms with Gasteiger partial charge >= 0.3 is 0 Å². The highest BCUT2D eigenvalue weighted by atomic mass is 32.1. The maximum Gasteiger partial charge on any atom is 0.161 e. The van der Waals surface area contributed by atoms with Gasteiger partial charge in [-0.25, -0.2) is 0 Å². The van der Waals surface area contributed by atoms with Crippen molar-refractivity contribution in [3.05, 3.63) is 45.6 Å². The first-order chi connectivity index (χ1) is 14.7. The van der Waals surface area contributed by atoms with Crippen LogP contribution in [0.15, 0.2) is 29.6 Å². The van der Waals surface area contributed by atoms with Gasteiger partial charge in [0.05, 0.1) is 45.7 Å². The first-order valence-electron chi connectivity index (χ1n) is 10.6. The second-order valence-electron chi connectivity index (χ2n) is 7.90. The van der Waals surface area contributed by atoms with E-state index in [2.05, 4.69) is 34.5 Å². The van der Waals surface area contributed by atoms with Crippen molar-refractivity contribution in [3.63, 3.8) is 0 Å². The molecule has 2 aromatic rings. The number of aliphatic hydroxyl groups excluding tert-OH is 1. The number of β-amino-alcohol motifs (C(OH)–C–C–N with tert-alkyl or cyclic N) is 1. The van der Waals surface area contributed by atoms with Crippen LogP contribution in [0.4, 0.5) is 0 Å². The van der Waals surface area contributed by atoms with Crippen molar-refractivity contribution in [2.24, 2.45) is 0 Å². The van der Waals surface area contributed by atoms with Crippen LogP contribution in [0.2, 0.25) is 0 Å². The summed E-state index contributed by atoms with van der Waals surface area (Å²) in [7, 11) is 3.34. The number of methoxy groups -OCH3 is 2. The maximum absolute atomic E-state index is 10.7. The molecule has 1 saturated heterocycles. The molecule has 2 aliphatic rings. The van der Waals surface area contributed by atoms with Crippen molar-refractivity contribution in [1.82, 2.24) is 4.90 Å². The van der Waals surface area contributed by atoms with Gasteiger partial charge in [-0.15, -0.1) is 11.3 Å². The Morgan fingerprint density at radius 2 is 2.10 bits per heavy atom. The molecule has 30 heavy (non-hydrogen) atoms. The van der Waals surface area contributed by atoms with E-state index in [4.69, 9.17) is 18.9 Å². The lowest BCUT2D eigenvalue weighted by Crippen LogP contribution is -2.42. The molecule has 1 aromatic heterocycles. The van der Waals surface area contributed by atoms with E-state index < -0.39 is 6.10 Å². The molecule has 0 aliphatic carbocycles. The molecule has 7 heteroatoms. The second-order valence-corrected chi connectivity index (χ2v) is 8.87. The fourth-order valence-corrected chi connectivity index (χ4v) is 5.29. The zero-order valence-corrected chi connectivity index (χ0v) is 18.5. The van der Waals surface area contributed by atoms with E-state index in [9.17, 15) is 5.11 Å². The summed E-state index contributed by atoms with van der Waals surface area (Å²) in [5.74, 6) is 1.50. The Hall–Kier alpha value is -1.64. The van der Waals surface area contributed by atoms with Crippen molar-refractivity contribution < 1.29 is 24.1 Å². The van der Waals surface area contributed by atoms with Crippen LogP contribution < -0.4 is 9.47 Å². The highest BCUT2D eigenvalue weighted by Crippen LogP contribution is 2.42. The molecule has 0 unspecified atom stereocenters. The highest BCUT2D eigenvalue weighted by Gasteiger charge is 2.32. The molecule has 164 valence electrons. The highest BCUT2D eigenvalue weighted by molar-refractivity contribution is 7.10. The molecule has 1 N–H and O–H groups in total. The van der Waals surface area contributed by atoms with Gasteiger partial charge in [0.1, 0.15) is 0 Å². The summed E-state index contributed by atoms with van der Waals surface area (Å²) in [6, 6.07) is 8.50. The average Bonchev–Trinajstić information content (AvgIpc) is 3.47. The molecule has 0 bridgehead atoms.